The Morgan fingerprint density at radius 2 is 1.83 bits per heavy atom. The third-order valence-electron chi connectivity index (χ3n) is 4.74. The first-order valence-electron chi connectivity index (χ1n) is 8.20. The number of benzene rings is 1. The molecular weight excluding hydrogens is 304 g/mol. The highest BCUT2D eigenvalue weighted by molar-refractivity contribution is 5.51. The molecule has 2 heterocycles. The van der Waals surface area contributed by atoms with Gasteiger partial charge in [-0.25, -0.2) is 4.68 Å². The summed E-state index contributed by atoms with van der Waals surface area (Å²) in [4.78, 5) is 4.50. The minimum Gasteiger partial charge on any atom is -0.332 e. The van der Waals surface area contributed by atoms with Gasteiger partial charge in [0.25, 0.3) is 5.89 Å². The van der Waals surface area contributed by atoms with E-state index >= 15 is 0 Å². The molecule has 2 N–H and O–H groups in total. The molecule has 0 bridgehead atoms. The lowest BCUT2D eigenvalue weighted by Crippen LogP contribution is -2.34. The van der Waals surface area contributed by atoms with Crippen LogP contribution in [0.1, 0.15) is 42.8 Å². The third kappa shape index (κ3) is 2.41. The van der Waals surface area contributed by atoms with Crippen LogP contribution in [-0.2, 0) is 5.54 Å². The number of aryl methyl sites for hydroxylation is 1. The largest absolute Gasteiger partial charge is 0.332 e. The number of nitrogens with two attached hydrogens (primary N) is 1. The minimum atomic E-state index is -0.470. The van der Waals surface area contributed by atoms with E-state index in [1.54, 1.807) is 4.68 Å². The van der Waals surface area contributed by atoms with E-state index in [2.05, 4.69) is 27.4 Å². The Hall–Kier alpha value is -2.54. The lowest BCUT2D eigenvalue weighted by atomic mass is 9.99. The van der Waals surface area contributed by atoms with Crippen LogP contribution in [0.25, 0.3) is 17.3 Å². The number of nitrogens with zero attached hydrogens (tertiary/aromatic N) is 5. The van der Waals surface area contributed by atoms with Crippen LogP contribution in [0.4, 0.5) is 0 Å². The van der Waals surface area contributed by atoms with Gasteiger partial charge in [-0.15, -0.1) is 5.10 Å². The van der Waals surface area contributed by atoms with E-state index in [-0.39, 0.29) is 0 Å². The highest BCUT2D eigenvalue weighted by Gasteiger charge is 2.36. The van der Waals surface area contributed by atoms with Gasteiger partial charge in [0.1, 0.15) is 0 Å². The maximum atomic E-state index is 6.39. The molecule has 1 aliphatic carbocycles. The fourth-order valence-corrected chi connectivity index (χ4v) is 3.21. The van der Waals surface area contributed by atoms with E-state index in [4.69, 9.17) is 10.3 Å². The van der Waals surface area contributed by atoms with Gasteiger partial charge in [-0.3, -0.25) is 0 Å². The van der Waals surface area contributed by atoms with Gasteiger partial charge in [0, 0.05) is 0 Å². The fourth-order valence-electron chi connectivity index (χ4n) is 3.21. The van der Waals surface area contributed by atoms with Crippen molar-refractivity contribution < 1.29 is 4.52 Å². The molecule has 7 heteroatoms. The molecule has 0 amide bonds. The van der Waals surface area contributed by atoms with Crippen molar-refractivity contribution in [3.05, 3.63) is 41.3 Å². The van der Waals surface area contributed by atoms with Crippen LogP contribution in [0.5, 0.6) is 0 Å². The van der Waals surface area contributed by atoms with Crippen LogP contribution in [-0.4, -0.2) is 25.1 Å². The Labute approximate surface area is 139 Å². The second kappa shape index (κ2) is 5.52. The molecule has 3 aromatic rings. The van der Waals surface area contributed by atoms with Crippen LogP contribution < -0.4 is 5.73 Å². The molecule has 7 nitrogen and oxygen atoms in total. The van der Waals surface area contributed by atoms with Gasteiger partial charge >= 0.3 is 0 Å². The van der Waals surface area contributed by atoms with Gasteiger partial charge < -0.3 is 10.3 Å². The zero-order valence-electron chi connectivity index (χ0n) is 13.9. The van der Waals surface area contributed by atoms with Crippen molar-refractivity contribution >= 4 is 0 Å². The van der Waals surface area contributed by atoms with E-state index < -0.39 is 5.54 Å². The van der Waals surface area contributed by atoms with Crippen LogP contribution >= 0.6 is 0 Å². The molecule has 124 valence electrons. The summed E-state index contributed by atoms with van der Waals surface area (Å²) >= 11 is 0. The number of aromatic nitrogens is 5. The first-order valence-corrected chi connectivity index (χ1v) is 8.20. The SMILES string of the molecule is Cc1ccc(-n2nnc(-c3nc(C4(N)CCCC4)no3)c2C)cc1. The van der Waals surface area contributed by atoms with Crippen molar-refractivity contribution in [2.75, 3.05) is 0 Å². The summed E-state index contributed by atoms with van der Waals surface area (Å²) in [6, 6.07) is 8.10. The van der Waals surface area contributed by atoms with Crippen molar-refractivity contribution in [3.8, 4) is 17.3 Å². The molecule has 0 radical (unpaired) electrons. The van der Waals surface area contributed by atoms with Crippen LogP contribution in [0, 0.1) is 13.8 Å². The normalized spacial score (nSPS) is 16.6. The Balaban J connectivity index is 1.68. The fraction of sp³-hybridized carbons (Fsp3) is 0.412. The van der Waals surface area contributed by atoms with Crippen LogP contribution in [0.2, 0.25) is 0 Å². The topological polar surface area (TPSA) is 95.7 Å². The first-order chi connectivity index (χ1) is 11.6. The van der Waals surface area contributed by atoms with E-state index in [1.807, 2.05) is 31.2 Å². The molecule has 24 heavy (non-hydrogen) atoms. The first kappa shape index (κ1) is 15.0. The summed E-state index contributed by atoms with van der Waals surface area (Å²) in [7, 11) is 0. The maximum absolute atomic E-state index is 6.39. The van der Waals surface area contributed by atoms with Gasteiger partial charge in [-0.2, -0.15) is 4.98 Å². The summed E-state index contributed by atoms with van der Waals surface area (Å²) in [6.07, 6.45) is 3.98. The Morgan fingerprint density at radius 1 is 1.12 bits per heavy atom. The van der Waals surface area contributed by atoms with E-state index in [0.717, 1.165) is 37.1 Å². The molecule has 0 atom stereocenters. The quantitative estimate of drug-likeness (QED) is 0.795. The van der Waals surface area contributed by atoms with E-state index in [0.29, 0.717) is 17.4 Å². The van der Waals surface area contributed by atoms with Crippen molar-refractivity contribution in [2.24, 2.45) is 5.73 Å². The second-order valence-electron chi connectivity index (χ2n) is 6.56. The number of hydrogen-bond acceptors (Lipinski definition) is 6. The lowest BCUT2D eigenvalue weighted by molar-refractivity contribution is 0.372. The minimum absolute atomic E-state index is 0.373. The summed E-state index contributed by atoms with van der Waals surface area (Å²) in [5.74, 6) is 0.942. The highest BCUT2D eigenvalue weighted by atomic mass is 16.5. The second-order valence-corrected chi connectivity index (χ2v) is 6.56. The summed E-state index contributed by atoms with van der Waals surface area (Å²) in [6.45, 7) is 3.99. The number of hydrogen-bond donors (Lipinski definition) is 1. The van der Waals surface area contributed by atoms with Gasteiger partial charge in [0.05, 0.1) is 16.9 Å². The molecule has 1 aliphatic rings. The van der Waals surface area contributed by atoms with Crippen molar-refractivity contribution in [1.82, 2.24) is 25.1 Å². The van der Waals surface area contributed by atoms with E-state index in [9.17, 15) is 0 Å². The van der Waals surface area contributed by atoms with E-state index in [1.165, 1.54) is 5.56 Å². The highest BCUT2D eigenvalue weighted by Crippen LogP contribution is 2.35. The molecule has 1 saturated carbocycles. The Kier molecular flexibility index (Phi) is 3.45. The predicted molar refractivity (Wildman–Crippen MR) is 88.5 cm³/mol. The molecule has 0 spiro atoms. The zero-order chi connectivity index (χ0) is 16.7. The average molecular weight is 324 g/mol. The molecule has 1 fully saturated rings. The smallest absolute Gasteiger partial charge is 0.280 e. The molecule has 0 unspecified atom stereocenters. The molecule has 4 rings (SSSR count). The zero-order valence-corrected chi connectivity index (χ0v) is 13.9. The standard InChI is InChI=1S/C17H20N6O/c1-11-5-7-13(8-6-11)23-12(2)14(20-22-23)15-19-16(21-24-15)17(18)9-3-4-10-17/h5-8H,3-4,9-10,18H2,1-2H3. The monoisotopic (exact) mass is 324 g/mol. The van der Waals surface area contributed by atoms with Crippen molar-refractivity contribution in [1.29, 1.82) is 0 Å². The van der Waals surface area contributed by atoms with Gasteiger partial charge in [-0.05, 0) is 38.8 Å². The number of rotatable bonds is 3. The Bertz CT molecular complexity index is 858. The molecule has 0 aliphatic heterocycles. The molecule has 2 aromatic heterocycles. The summed E-state index contributed by atoms with van der Waals surface area (Å²) in [5, 5.41) is 12.5. The third-order valence-corrected chi connectivity index (χ3v) is 4.74. The van der Waals surface area contributed by atoms with Gasteiger partial charge in [0.2, 0.25) is 0 Å². The Morgan fingerprint density at radius 3 is 2.54 bits per heavy atom. The average Bonchev–Trinajstić information content (AvgIpc) is 3.28. The van der Waals surface area contributed by atoms with Crippen molar-refractivity contribution in [2.45, 2.75) is 45.1 Å². The summed E-state index contributed by atoms with van der Waals surface area (Å²) in [5.41, 5.74) is 9.52. The lowest BCUT2D eigenvalue weighted by Gasteiger charge is -2.17. The molecule has 1 aromatic carbocycles. The van der Waals surface area contributed by atoms with Gasteiger partial charge in [0.15, 0.2) is 11.5 Å². The van der Waals surface area contributed by atoms with Crippen molar-refractivity contribution in [3.63, 3.8) is 0 Å². The van der Waals surface area contributed by atoms with Crippen LogP contribution in [0.15, 0.2) is 28.8 Å². The molecular formula is C17H20N6O. The summed E-state index contributed by atoms with van der Waals surface area (Å²) < 4.78 is 7.19. The van der Waals surface area contributed by atoms with Crippen LogP contribution in [0.3, 0.4) is 0 Å². The molecule has 0 saturated heterocycles. The van der Waals surface area contributed by atoms with Gasteiger partial charge in [-0.1, -0.05) is 40.9 Å². The predicted octanol–water partition coefficient (Wildman–Crippen LogP) is 2.66. The maximum Gasteiger partial charge on any atom is 0.280 e.